The molecule has 1 aromatic rings. The Hall–Kier alpha value is -1.02. The summed E-state index contributed by atoms with van der Waals surface area (Å²) >= 11 is 0. The Bertz CT molecular complexity index is 318. The zero-order valence-electron chi connectivity index (χ0n) is 9.21. The Morgan fingerprint density at radius 2 is 2.14 bits per heavy atom. The zero-order valence-corrected chi connectivity index (χ0v) is 10.2. The summed E-state index contributed by atoms with van der Waals surface area (Å²) in [5.41, 5.74) is 1.24. The molecule has 0 N–H and O–H groups in total. The van der Waals surface area contributed by atoms with Gasteiger partial charge in [0.25, 0.3) is 0 Å². The highest BCUT2D eigenvalue weighted by molar-refractivity contribution is 6.72. The highest BCUT2D eigenvalue weighted by Crippen LogP contribution is 2.19. The number of benzene rings is 1. The van der Waals surface area contributed by atoms with E-state index >= 15 is 0 Å². The number of allylic oxidation sites excluding steroid dienone is 1. The van der Waals surface area contributed by atoms with Gasteiger partial charge in [-0.3, -0.25) is 0 Å². The van der Waals surface area contributed by atoms with Gasteiger partial charge in [0.1, 0.15) is 5.75 Å². The molecular weight excluding hydrogens is 188 g/mol. The van der Waals surface area contributed by atoms with Crippen molar-refractivity contribution in [3.05, 3.63) is 42.5 Å². The minimum absolute atomic E-state index is 0.987. The van der Waals surface area contributed by atoms with Gasteiger partial charge in [-0.05, 0) is 43.8 Å². The van der Waals surface area contributed by atoms with E-state index in [1.165, 1.54) is 5.56 Å². The summed E-state index contributed by atoms with van der Waals surface area (Å²) in [6.07, 6.45) is 1.95. The Kier molecular flexibility index (Phi) is 3.53. The number of aryl methyl sites for hydroxylation is 1. The molecule has 0 atom stereocenters. The van der Waals surface area contributed by atoms with E-state index < -0.39 is 8.32 Å². The molecule has 0 saturated carbocycles. The lowest BCUT2D eigenvalue weighted by molar-refractivity contribution is 0.552. The third-order valence-corrected chi connectivity index (χ3v) is 4.08. The molecule has 0 fully saturated rings. The summed E-state index contributed by atoms with van der Waals surface area (Å²) in [4.78, 5) is 0. The average molecular weight is 206 g/mol. The first kappa shape index (κ1) is 11.1. The third-order valence-electron chi connectivity index (χ3n) is 2.02. The van der Waals surface area contributed by atoms with Gasteiger partial charge in [-0.15, -0.1) is 6.58 Å². The lowest BCUT2D eigenvalue weighted by Crippen LogP contribution is -2.33. The molecule has 1 aromatic carbocycles. The molecule has 0 spiro atoms. The van der Waals surface area contributed by atoms with E-state index in [9.17, 15) is 0 Å². The van der Waals surface area contributed by atoms with Crippen LogP contribution in [-0.4, -0.2) is 8.32 Å². The first-order valence-corrected chi connectivity index (χ1v) is 8.02. The lowest BCUT2D eigenvalue weighted by Gasteiger charge is -2.22. The van der Waals surface area contributed by atoms with E-state index in [0.717, 1.165) is 11.8 Å². The number of hydrogen-bond donors (Lipinski definition) is 0. The van der Waals surface area contributed by atoms with Crippen LogP contribution in [0.5, 0.6) is 5.75 Å². The van der Waals surface area contributed by atoms with Gasteiger partial charge in [-0.25, -0.2) is 0 Å². The molecule has 0 aliphatic rings. The first-order chi connectivity index (χ1) is 6.53. The molecule has 1 nitrogen and oxygen atoms in total. The van der Waals surface area contributed by atoms with Crippen LogP contribution >= 0.6 is 0 Å². The van der Waals surface area contributed by atoms with Gasteiger partial charge >= 0.3 is 0 Å². The predicted molar refractivity (Wildman–Crippen MR) is 64.3 cm³/mol. The second-order valence-corrected chi connectivity index (χ2v) is 8.30. The quantitative estimate of drug-likeness (QED) is 0.538. The molecule has 0 heterocycles. The Morgan fingerprint density at radius 1 is 1.43 bits per heavy atom. The largest absolute Gasteiger partial charge is 0.544 e. The average Bonchev–Trinajstić information content (AvgIpc) is 2.02. The topological polar surface area (TPSA) is 9.23 Å². The van der Waals surface area contributed by atoms with Crippen LogP contribution in [0.1, 0.15) is 5.56 Å². The summed E-state index contributed by atoms with van der Waals surface area (Å²) in [5, 5.41) is 0. The minimum Gasteiger partial charge on any atom is -0.544 e. The molecule has 0 bridgehead atoms. The summed E-state index contributed by atoms with van der Waals surface area (Å²) in [6, 6.07) is 9.20. The van der Waals surface area contributed by atoms with Gasteiger partial charge in [0.15, 0.2) is 0 Å². The fourth-order valence-electron chi connectivity index (χ4n) is 1.39. The van der Waals surface area contributed by atoms with Gasteiger partial charge in [0, 0.05) is 0 Å². The Morgan fingerprint density at radius 3 is 2.71 bits per heavy atom. The van der Waals surface area contributed by atoms with Crippen LogP contribution in [0.2, 0.25) is 19.1 Å². The SMILES string of the molecule is C=CC[Si](C)(C)Oc1cccc(C)c1. The standard InChI is InChI=1S/C12H18OSi/c1-5-9-14(3,4)13-12-8-6-7-11(2)10-12/h5-8,10H,1,9H2,2-4H3. The Labute approximate surface area is 87.5 Å². The summed E-state index contributed by atoms with van der Waals surface area (Å²) < 4.78 is 5.99. The number of hydrogen-bond acceptors (Lipinski definition) is 1. The van der Waals surface area contributed by atoms with E-state index in [0.29, 0.717) is 0 Å². The van der Waals surface area contributed by atoms with Gasteiger partial charge < -0.3 is 4.43 Å². The van der Waals surface area contributed by atoms with Gasteiger partial charge in [0.2, 0.25) is 8.32 Å². The van der Waals surface area contributed by atoms with Crippen LogP contribution in [-0.2, 0) is 0 Å². The van der Waals surface area contributed by atoms with Gasteiger partial charge in [-0.2, -0.15) is 0 Å². The van der Waals surface area contributed by atoms with Crippen LogP contribution in [0.3, 0.4) is 0 Å². The maximum atomic E-state index is 5.99. The monoisotopic (exact) mass is 206 g/mol. The summed E-state index contributed by atoms with van der Waals surface area (Å²) in [5.74, 6) is 0.989. The first-order valence-electron chi connectivity index (χ1n) is 4.90. The summed E-state index contributed by atoms with van der Waals surface area (Å²) in [7, 11) is -1.59. The van der Waals surface area contributed by atoms with Crippen molar-refractivity contribution in [3.8, 4) is 5.75 Å². The molecule has 0 aliphatic heterocycles. The Balaban J connectivity index is 2.72. The maximum Gasteiger partial charge on any atom is 0.248 e. The molecule has 2 heteroatoms. The van der Waals surface area contributed by atoms with Crippen molar-refractivity contribution in [2.45, 2.75) is 26.1 Å². The van der Waals surface area contributed by atoms with Crippen molar-refractivity contribution in [1.29, 1.82) is 0 Å². The maximum absolute atomic E-state index is 5.99. The molecule has 0 amide bonds. The normalized spacial score (nSPS) is 11.1. The second kappa shape index (κ2) is 4.47. The second-order valence-electron chi connectivity index (χ2n) is 4.17. The molecule has 14 heavy (non-hydrogen) atoms. The molecule has 0 radical (unpaired) electrons. The van der Waals surface area contributed by atoms with Crippen molar-refractivity contribution < 1.29 is 4.43 Å². The molecule has 1 rings (SSSR count). The molecule has 0 saturated heterocycles. The van der Waals surface area contributed by atoms with Crippen LogP contribution in [0.15, 0.2) is 36.9 Å². The van der Waals surface area contributed by atoms with Crippen LogP contribution in [0.4, 0.5) is 0 Å². The van der Waals surface area contributed by atoms with E-state index in [1.54, 1.807) is 0 Å². The predicted octanol–water partition coefficient (Wildman–Crippen LogP) is 3.76. The van der Waals surface area contributed by atoms with Gasteiger partial charge in [0.05, 0.1) is 0 Å². The van der Waals surface area contributed by atoms with E-state index in [4.69, 9.17) is 4.43 Å². The van der Waals surface area contributed by atoms with Gasteiger partial charge in [-0.1, -0.05) is 18.2 Å². The van der Waals surface area contributed by atoms with Crippen molar-refractivity contribution in [2.75, 3.05) is 0 Å². The molecule has 0 unspecified atom stereocenters. The molecule has 76 valence electrons. The highest BCUT2D eigenvalue weighted by Gasteiger charge is 2.22. The fraction of sp³-hybridized carbons (Fsp3) is 0.333. The van der Waals surface area contributed by atoms with E-state index in [1.807, 2.05) is 18.2 Å². The highest BCUT2D eigenvalue weighted by atomic mass is 28.4. The fourth-order valence-corrected chi connectivity index (χ4v) is 2.93. The van der Waals surface area contributed by atoms with Crippen molar-refractivity contribution in [2.24, 2.45) is 0 Å². The zero-order chi connectivity index (χ0) is 10.6. The van der Waals surface area contributed by atoms with Crippen LogP contribution in [0.25, 0.3) is 0 Å². The third kappa shape index (κ3) is 3.38. The van der Waals surface area contributed by atoms with Crippen molar-refractivity contribution >= 4 is 8.32 Å². The van der Waals surface area contributed by atoms with E-state index in [-0.39, 0.29) is 0 Å². The van der Waals surface area contributed by atoms with Crippen LogP contribution < -0.4 is 4.43 Å². The molecule has 0 aliphatic carbocycles. The molecular formula is C12H18OSi. The smallest absolute Gasteiger partial charge is 0.248 e. The van der Waals surface area contributed by atoms with E-state index in [2.05, 4.69) is 38.7 Å². The molecule has 0 aromatic heterocycles. The summed E-state index contributed by atoms with van der Waals surface area (Å²) in [6.45, 7) is 10.2. The number of rotatable bonds is 4. The van der Waals surface area contributed by atoms with Crippen LogP contribution in [0, 0.1) is 6.92 Å². The lowest BCUT2D eigenvalue weighted by atomic mass is 10.2. The van der Waals surface area contributed by atoms with Crippen molar-refractivity contribution in [1.82, 2.24) is 0 Å². The van der Waals surface area contributed by atoms with Crippen molar-refractivity contribution in [3.63, 3.8) is 0 Å². The minimum atomic E-state index is -1.59.